The molecule has 1 aromatic heterocycles. The van der Waals surface area contributed by atoms with Crippen molar-refractivity contribution >= 4 is 17.3 Å². The third kappa shape index (κ3) is 4.28. The summed E-state index contributed by atoms with van der Waals surface area (Å²) in [6.07, 6.45) is 1.22. The predicted octanol–water partition coefficient (Wildman–Crippen LogP) is 5.22. The van der Waals surface area contributed by atoms with Crippen LogP contribution in [0.25, 0.3) is 0 Å². The first-order valence-corrected chi connectivity index (χ1v) is 11.0. The zero-order valence-electron chi connectivity index (χ0n) is 18.7. The Morgan fingerprint density at radius 3 is 2.62 bits per heavy atom. The van der Waals surface area contributed by atoms with Crippen molar-refractivity contribution < 1.29 is 18.7 Å². The number of nitrogens with one attached hydrogen (secondary N) is 1. The fourth-order valence-corrected chi connectivity index (χ4v) is 4.10. The SMILES string of the molecule is COc1ccc(C2Nc3ccccc3C(=O)N2Cc2ccco2)cc1COc1ccc(N)cc1. The minimum atomic E-state index is -0.395. The lowest BCUT2D eigenvalue weighted by Crippen LogP contribution is -2.42. The van der Waals surface area contributed by atoms with Crippen LogP contribution in [0.4, 0.5) is 11.4 Å². The van der Waals surface area contributed by atoms with Gasteiger partial charge in [0.15, 0.2) is 0 Å². The lowest BCUT2D eigenvalue weighted by atomic mass is 10.0. The molecule has 7 heteroatoms. The van der Waals surface area contributed by atoms with Gasteiger partial charge >= 0.3 is 0 Å². The van der Waals surface area contributed by atoms with Crippen molar-refractivity contribution in [3.8, 4) is 11.5 Å². The number of fused-ring (bicyclic) bond motifs is 1. The molecule has 5 rings (SSSR count). The molecule has 1 aliphatic heterocycles. The van der Waals surface area contributed by atoms with E-state index >= 15 is 0 Å². The zero-order valence-corrected chi connectivity index (χ0v) is 18.7. The maximum atomic E-state index is 13.5. The summed E-state index contributed by atoms with van der Waals surface area (Å²) < 4.78 is 17.1. The van der Waals surface area contributed by atoms with Crippen LogP contribution in [0.2, 0.25) is 0 Å². The van der Waals surface area contributed by atoms with Gasteiger partial charge in [0.25, 0.3) is 5.91 Å². The van der Waals surface area contributed by atoms with Crippen molar-refractivity contribution in [2.45, 2.75) is 19.3 Å². The molecule has 4 aromatic rings. The number of anilines is 2. The van der Waals surface area contributed by atoms with Crippen LogP contribution in [0.5, 0.6) is 11.5 Å². The highest BCUT2D eigenvalue weighted by atomic mass is 16.5. The number of nitrogen functional groups attached to an aromatic ring is 1. The number of carbonyl (C=O) groups excluding carboxylic acids is 1. The van der Waals surface area contributed by atoms with Crippen molar-refractivity contribution in [1.82, 2.24) is 4.90 Å². The van der Waals surface area contributed by atoms with Gasteiger partial charge in [0.2, 0.25) is 0 Å². The summed E-state index contributed by atoms with van der Waals surface area (Å²) in [4.78, 5) is 15.2. The molecule has 0 saturated heterocycles. The van der Waals surface area contributed by atoms with Crippen molar-refractivity contribution in [1.29, 1.82) is 0 Å². The van der Waals surface area contributed by atoms with Crippen LogP contribution in [0.1, 0.15) is 33.4 Å². The number of amides is 1. The van der Waals surface area contributed by atoms with Crippen molar-refractivity contribution in [3.05, 3.63) is 108 Å². The number of benzene rings is 3. The summed E-state index contributed by atoms with van der Waals surface area (Å²) >= 11 is 0. The van der Waals surface area contributed by atoms with Crippen molar-refractivity contribution in [2.75, 3.05) is 18.2 Å². The van der Waals surface area contributed by atoms with E-state index in [0.717, 1.165) is 16.8 Å². The molecule has 0 fully saturated rings. The highest BCUT2D eigenvalue weighted by molar-refractivity contribution is 6.01. The smallest absolute Gasteiger partial charge is 0.258 e. The van der Waals surface area contributed by atoms with E-state index in [9.17, 15) is 4.79 Å². The average Bonchev–Trinajstić information content (AvgIpc) is 3.38. The van der Waals surface area contributed by atoms with E-state index < -0.39 is 6.17 Å². The van der Waals surface area contributed by atoms with Gasteiger partial charge in [-0.3, -0.25) is 4.79 Å². The second-order valence-corrected chi connectivity index (χ2v) is 8.03. The van der Waals surface area contributed by atoms with Gasteiger partial charge in [0, 0.05) is 16.9 Å². The minimum absolute atomic E-state index is 0.0637. The standard InChI is InChI=1S/C27H25N3O4/c1-32-25-13-8-18(15-19(25)17-34-21-11-9-20(28)10-12-21)26-29-24-7-3-2-6-23(24)27(31)30(26)16-22-5-4-14-33-22/h2-15,26,29H,16-17,28H2,1H3. The minimum Gasteiger partial charge on any atom is -0.496 e. The molecular weight excluding hydrogens is 430 g/mol. The van der Waals surface area contributed by atoms with E-state index in [0.29, 0.717) is 41.7 Å². The highest BCUT2D eigenvalue weighted by Crippen LogP contribution is 2.36. The predicted molar refractivity (Wildman–Crippen MR) is 130 cm³/mol. The lowest BCUT2D eigenvalue weighted by Gasteiger charge is -2.38. The van der Waals surface area contributed by atoms with E-state index in [1.807, 2.05) is 66.7 Å². The second-order valence-electron chi connectivity index (χ2n) is 8.03. The monoisotopic (exact) mass is 455 g/mol. The topological polar surface area (TPSA) is 90.0 Å². The van der Waals surface area contributed by atoms with Crippen LogP contribution in [0, 0.1) is 0 Å². The normalized spacial score (nSPS) is 14.9. The maximum absolute atomic E-state index is 13.5. The van der Waals surface area contributed by atoms with E-state index in [1.165, 1.54) is 0 Å². The van der Waals surface area contributed by atoms with Gasteiger partial charge < -0.3 is 29.8 Å². The average molecular weight is 456 g/mol. The number of carbonyl (C=O) groups is 1. The van der Waals surface area contributed by atoms with Gasteiger partial charge in [0.05, 0.1) is 25.5 Å². The van der Waals surface area contributed by atoms with Gasteiger partial charge in [-0.25, -0.2) is 0 Å². The van der Waals surface area contributed by atoms with E-state index in [4.69, 9.17) is 19.6 Å². The van der Waals surface area contributed by atoms with Crippen LogP contribution in [0.3, 0.4) is 0 Å². The van der Waals surface area contributed by atoms with Gasteiger partial charge in [-0.05, 0) is 66.2 Å². The van der Waals surface area contributed by atoms with Gasteiger partial charge in [-0.1, -0.05) is 18.2 Å². The Hall–Kier alpha value is -4.39. The molecule has 172 valence electrons. The molecule has 0 aliphatic carbocycles. The number of para-hydroxylation sites is 1. The number of hydrogen-bond acceptors (Lipinski definition) is 6. The maximum Gasteiger partial charge on any atom is 0.258 e. The summed E-state index contributed by atoms with van der Waals surface area (Å²) in [7, 11) is 1.63. The molecule has 1 amide bonds. The number of rotatable bonds is 7. The lowest BCUT2D eigenvalue weighted by molar-refractivity contribution is 0.0651. The third-order valence-electron chi connectivity index (χ3n) is 5.82. The summed E-state index contributed by atoms with van der Waals surface area (Å²) in [6.45, 7) is 0.636. The number of furan rings is 1. The van der Waals surface area contributed by atoms with Gasteiger partial charge in [-0.15, -0.1) is 0 Å². The van der Waals surface area contributed by atoms with Crippen LogP contribution in [0.15, 0.2) is 89.5 Å². The Morgan fingerprint density at radius 2 is 1.85 bits per heavy atom. The van der Waals surface area contributed by atoms with E-state index in [-0.39, 0.29) is 5.91 Å². The first-order valence-electron chi connectivity index (χ1n) is 11.0. The third-order valence-corrected chi connectivity index (χ3v) is 5.82. The molecule has 1 atom stereocenters. The van der Waals surface area contributed by atoms with Gasteiger partial charge in [-0.2, -0.15) is 0 Å². The molecule has 0 saturated carbocycles. The highest BCUT2D eigenvalue weighted by Gasteiger charge is 2.33. The fraction of sp³-hybridized carbons (Fsp3) is 0.148. The molecule has 3 aromatic carbocycles. The summed E-state index contributed by atoms with van der Waals surface area (Å²) in [5.41, 5.74) is 9.64. The molecular formula is C27H25N3O4. The Labute approximate surface area is 197 Å². The summed E-state index contributed by atoms with van der Waals surface area (Å²) in [6, 6.07) is 24.3. The van der Waals surface area contributed by atoms with Gasteiger partial charge in [0.1, 0.15) is 30.0 Å². The number of hydrogen-bond donors (Lipinski definition) is 2. The Kier molecular flexibility index (Phi) is 5.82. The van der Waals surface area contributed by atoms with Crippen LogP contribution >= 0.6 is 0 Å². The van der Waals surface area contributed by atoms with Crippen LogP contribution < -0.4 is 20.5 Å². The molecule has 0 bridgehead atoms. The Balaban J connectivity index is 1.47. The van der Waals surface area contributed by atoms with Crippen LogP contribution in [-0.4, -0.2) is 17.9 Å². The molecule has 0 spiro atoms. The fourth-order valence-electron chi connectivity index (χ4n) is 4.10. The number of nitrogens with zero attached hydrogens (tertiary/aromatic N) is 1. The number of ether oxygens (including phenoxy) is 2. The van der Waals surface area contributed by atoms with E-state index in [1.54, 1.807) is 30.4 Å². The Bertz CT molecular complexity index is 1290. The first kappa shape index (κ1) is 21.5. The largest absolute Gasteiger partial charge is 0.496 e. The number of nitrogens with two attached hydrogens (primary N) is 1. The summed E-state index contributed by atoms with van der Waals surface area (Å²) in [5.74, 6) is 2.06. The Morgan fingerprint density at radius 1 is 1.03 bits per heavy atom. The summed E-state index contributed by atoms with van der Waals surface area (Å²) in [5, 5.41) is 3.52. The molecule has 1 aliphatic rings. The number of methoxy groups -OCH3 is 1. The zero-order chi connectivity index (χ0) is 23.5. The van der Waals surface area contributed by atoms with Crippen LogP contribution in [-0.2, 0) is 13.2 Å². The second kappa shape index (κ2) is 9.23. The first-order chi connectivity index (χ1) is 16.6. The van der Waals surface area contributed by atoms with Crippen molar-refractivity contribution in [2.24, 2.45) is 0 Å². The molecule has 1 unspecified atom stereocenters. The molecule has 0 radical (unpaired) electrons. The molecule has 3 N–H and O–H groups in total. The molecule has 7 nitrogen and oxygen atoms in total. The molecule has 34 heavy (non-hydrogen) atoms. The van der Waals surface area contributed by atoms with Crippen molar-refractivity contribution in [3.63, 3.8) is 0 Å². The van der Waals surface area contributed by atoms with E-state index in [2.05, 4.69) is 5.32 Å². The molecule has 2 heterocycles. The quantitative estimate of drug-likeness (QED) is 0.372.